The maximum atomic E-state index is 12.5. The summed E-state index contributed by atoms with van der Waals surface area (Å²) in [6.45, 7) is 2.84. The Kier molecular flexibility index (Phi) is 3.31. The van der Waals surface area contributed by atoms with Crippen molar-refractivity contribution in [2.45, 2.75) is 25.8 Å². The number of nitrogens with zero attached hydrogens (tertiary/aromatic N) is 1. The van der Waals surface area contributed by atoms with Crippen molar-refractivity contribution < 1.29 is 4.79 Å². The minimum Gasteiger partial charge on any atom is -0.336 e. The van der Waals surface area contributed by atoms with E-state index in [1.54, 1.807) is 0 Å². The molecule has 0 aromatic heterocycles. The SMILES string of the molecule is CCN(C(=O)c1ccc2cc(Br)ccc2c1)C1CC1. The second-order valence-electron chi connectivity index (χ2n) is 5.03. The Morgan fingerprint density at radius 1 is 1.21 bits per heavy atom. The molecule has 0 unspecified atom stereocenters. The van der Waals surface area contributed by atoms with E-state index in [4.69, 9.17) is 0 Å². The number of benzene rings is 2. The first kappa shape index (κ1) is 12.7. The first-order valence-corrected chi connectivity index (χ1v) is 7.48. The summed E-state index contributed by atoms with van der Waals surface area (Å²) < 4.78 is 1.06. The van der Waals surface area contributed by atoms with E-state index < -0.39 is 0 Å². The lowest BCUT2D eigenvalue weighted by molar-refractivity contribution is 0.0752. The molecule has 0 N–H and O–H groups in total. The molecule has 1 saturated carbocycles. The molecular formula is C16H16BrNO. The second kappa shape index (κ2) is 4.97. The van der Waals surface area contributed by atoms with Gasteiger partial charge in [-0.1, -0.05) is 28.1 Å². The highest BCUT2D eigenvalue weighted by Crippen LogP contribution is 2.29. The maximum Gasteiger partial charge on any atom is 0.254 e. The van der Waals surface area contributed by atoms with E-state index in [1.165, 1.54) is 0 Å². The highest BCUT2D eigenvalue weighted by atomic mass is 79.9. The van der Waals surface area contributed by atoms with Crippen LogP contribution >= 0.6 is 15.9 Å². The molecule has 19 heavy (non-hydrogen) atoms. The quantitative estimate of drug-likeness (QED) is 0.829. The van der Waals surface area contributed by atoms with Crippen molar-refractivity contribution in [3.05, 3.63) is 46.4 Å². The molecule has 0 aliphatic heterocycles. The van der Waals surface area contributed by atoms with Crippen molar-refractivity contribution in [1.29, 1.82) is 0 Å². The molecule has 0 spiro atoms. The van der Waals surface area contributed by atoms with E-state index in [2.05, 4.69) is 22.0 Å². The summed E-state index contributed by atoms with van der Waals surface area (Å²) >= 11 is 3.47. The average Bonchev–Trinajstić information content (AvgIpc) is 3.23. The van der Waals surface area contributed by atoms with Gasteiger partial charge in [-0.25, -0.2) is 0 Å². The number of carbonyl (C=O) groups is 1. The molecule has 0 radical (unpaired) electrons. The molecule has 0 heterocycles. The van der Waals surface area contributed by atoms with Crippen molar-refractivity contribution in [3.63, 3.8) is 0 Å². The standard InChI is InChI=1S/C16H16BrNO/c1-2-18(15-7-8-15)16(19)13-4-3-12-10-14(17)6-5-11(12)9-13/h3-6,9-10,15H,2,7-8H2,1H3. The molecule has 98 valence electrons. The first-order chi connectivity index (χ1) is 9.19. The van der Waals surface area contributed by atoms with Crippen molar-refractivity contribution in [1.82, 2.24) is 4.90 Å². The fraction of sp³-hybridized carbons (Fsp3) is 0.312. The van der Waals surface area contributed by atoms with Crippen LogP contribution in [0.5, 0.6) is 0 Å². The van der Waals surface area contributed by atoms with E-state index in [0.29, 0.717) is 6.04 Å². The highest BCUT2D eigenvalue weighted by molar-refractivity contribution is 9.10. The summed E-state index contributed by atoms with van der Waals surface area (Å²) in [4.78, 5) is 14.5. The molecule has 1 aliphatic rings. The molecule has 0 saturated heterocycles. The lowest BCUT2D eigenvalue weighted by Gasteiger charge is -2.20. The summed E-state index contributed by atoms with van der Waals surface area (Å²) in [7, 11) is 0. The van der Waals surface area contributed by atoms with Crippen LogP contribution in [-0.2, 0) is 0 Å². The normalized spacial score (nSPS) is 14.6. The van der Waals surface area contributed by atoms with Crippen LogP contribution in [0, 0.1) is 0 Å². The summed E-state index contributed by atoms with van der Waals surface area (Å²) in [6.07, 6.45) is 2.31. The Morgan fingerprint density at radius 2 is 1.89 bits per heavy atom. The van der Waals surface area contributed by atoms with Crippen LogP contribution in [0.3, 0.4) is 0 Å². The zero-order valence-electron chi connectivity index (χ0n) is 10.9. The molecule has 2 nitrogen and oxygen atoms in total. The number of hydrogen-bond acceptors (Lipinski definition) is 1. The molecule has 1 fully saturated rings. The number of hydrogen-bond donors (Lipinski definition) is 0. The van der Waals surface area contributed by atoms with Crippen LogP contribution in [0.25, 0.3) is 10.8 Å². The zero-order chi connectivity index (χ0) is 13.4. The molecular weight excluding hydrogens is 302 g/mol. The highest BCUT2D eigenvalue weighted by Gasteiger charge is 2.31. The molecule has 3 rings (SSSR count). The van der Waals surface area contributed by atoms with Crippen LogP contribution < -0.4 is 0 Å². The number of halogens is 1. The Bertz CT molecular complexity index is 634. The third-order valence-corrected chi connectivity index (χ3v) is 4.13. The minimum atomic E-state index is 0.162. The van der Waals surface area contributed by atoms with Gasteiger partial charge in [0.15, 0.2) is 0 Å². The van der Waals surface area contributed by atoms with E-state index in [0.717, 1.165) is 40.2 Å². The van der Waals surface area contributed by atoms with Gasteiger partial charge >= 0.3 is 0 Å². The summed E-state index contributed by atoms with van der Waals surface area (Å²) in [5, 5.41) is 2.27. The zero-order valence-corrected chi connectivity index (χ0v) is 12.5. The topological polar surface area (TPSA) is 20.3 Å². The van der Waals surface area contributed by atoms with E-state index in [-0.39, 0.29) is 5.91 Å². The molecule has 1 amide bonds. The molecule has 2 aromatic rings. The van der Waals surface area contributed by atoms with Crippen molar-refractivity contribution in [2.75, 3.05) is 6.54 Å². The average molecular weight is 318 g/mol. The number of fused-ring (bicyclic) bond motifs is 1. The monoisotopic (exact) mass is 317 g/mol. The fourth-order valence-electron chi connectivity index (χ4n) is 2.47. The minimum absolute atomic E-state index is 0.162. The Labute approximate surface area is 121 Å². The number of carbonyl (C=O) groups excluding carboxylic acids is 1. The van der Waals surface area contributed by atoms with Gasteiger partial charge in [0.05, 0.1) is 0 Å². The summed E-state index contributed by atoms with van der Waals surface area (Å²) in [6, 6.07) is 12.5. The first-order valence-electron chi connectivity index (χ1n) is 6.69. The largest absolute Gasteiger partial charge is 0.336 e. The molecule has 0 bridgehead atoms. The third-order valence-electron chi connectivity index (χ3n) is 3.64. The third kappa shape index (κ3) is 2.52. The predicted molar refractivity (Wildman–Crippen MR) is 81.4 cm³/mol. The molecule has 0 atom stereocenters. The fourth-order valence-corrected chi connectivity index (χ4v) is 2.85. The van der Waals surface area contributed by atoms with E-state index in [1.807, 2.05) is 42.2 Å². The van der Waals surface area contributed by atoms with Gasteiger partial charge in [-0.05, 0) is 54.8 Å². The van der Waals surface area contributed by atoms with Gasteiger partial charge in [0.1, 0.15) is 0 Å². The van der Waals surface area contributed by atoms with Gasteiger partial charge < -0.3 is 4.90 Å². The van der Waals surface area contributed by atoms with Gasteiger partial charge in [0, 0.05) is 22.6 Å². The van der Waals surface area contributed by atoms with E-state index in [9.17, 15) is 4.79 Å². The van der Waals surface area contributed by atoms with Crippen LogP contribution in [0.1, 0.15) is 30.1 Å². The Morgan fingerprint density at radius 3 is 2.58 bits per heavy atom. The molecule has 2 aromatic carbocycles. The molecule has 3 heteroatoms. The van der Waals surface area contributed by atoms with Gasteiger partial charge in [-0.3, -0.25) is 4.79 Å². The van der Waals surface area contributed by atoms with Crippen LogP contribution in [0.4, 0.5) is 0 Å². The van der Waals surface area contributed by atoms with Gasteiger partial charge in [-0.15, -0.1) is 0 Å². The number of amides is 1. The van der Waals surface area contributed by atoms with Crippen molar-refractivity contribution >= 4 is 32.6 Å². The van der Waals surface area contributed by atoms with Crippen molar-refractivity contribution in [2.24, 2.45) is 0 Å². The Balaban J connectivity index is 1.96. The lowest BCUT2D eigenvalue weighted by Crippen LogP contribution is -2.32. The number of rotatable bonds is 3. The van der Waals surface area contributed by atoms with Crippen LogP contribution in [0.2, 0.25) is 0 Å². The van der Waals surface area contributed by atoms with E-state index >= 15 is 0 Å². The second-order valence-corrected chi connectivity index (χ2v) is 5.94. The van der Waals surface area contributed by atoms with Crippen LogP contribution in [-0.4, -0.2) is 23.4 Å². The molecule has 1 aliphatic carbocycles. The van der Waals surface area contributed by atoms with Crippen molar-refractivity contribution in [3.8, 4) is 0 Å². The van der Waals surface area contributed by atoms with Gasteiger partial charge in [-0.2, -0.15) is 0 Å². The Hall–Kier alpha value is -1.35. The van der Waals surface area contributed by atoms with Crippen LogP contribution in [0.15, 0.2) is 40.9 Å². The summed E-state index contributed by atoms with van der Waals surface area (Å²) in [5.74, 6) is 0.162. The lowest BCUT2D eigenvalue weighted by atomic mass is 10.1. The predicted octanol–water partition coefficient (Wildman–Crippen LogP) is 4.23. The summed E-state index contributed by atoms with van der Waals surface area (Å²) in [5.41, 5.74) is 0.795. The smallest absolute Gasteiger partial charge is 0.254 e. The maximum absolute atomic E-state index is 12.5. The van der Waals surface area contributed by atoms with Gasteiger partial charge in [0.2, 0.25) is 0 Å². The van der Waals surface area contributed by atoms with Gasteiger partial charge in [0.25, 0.3) is 5.91 Å².